The van der Waals surface area contributed by atoms with E-state index < -0.39 is 15.8 Å². The first-order chi connectivity index (χ1) is 11.1. The van der Waals surface area contributed by atoms with Gasteiger partial charge in [-0.25, -0.2) is 12.8 Å². The van der Waals surface area contributed by atoms with Crippen LogP contribution in [0.15, 0.2) is 71.9 Å². The number of benzene rings is 2. The van der Waals surface area contributed by atoms with Crippen molar-refractivity contribution in [3.05, 3.63) is 78.4 Å². The number of aromatic nitrogens is 2. The van der Waals surface area contributed by atoms with Gasteiger partial charge in [-0.05, 0) is 29.8 Å². The summed E-state index contributed by atoms with van der Waals surface area (Å²) in [6.45, 7) is 0.406. The largest absolute Gasteiger partial charge is 0.279 e. The Labute approximate surface area is 133 Å². The zero-order chi connectivity index (χ0) is 16.3. The molecule has 0 fully saturated rings. The lowest BCUT2D eigenvalue weighted by atomic mass is 10.2. The summed E-state index contributed by atoms with van der Waals surface area (Å²) in [5.41, 5.74) is 1.13. The molecule has 7 heteroatoms. The second kappa shape index (κ2) is 6.21. The molecule has 23 heavy (non-hydrogen) atoms. The van der Waals surface area contributed by atoms with Gasteiger partial charge in [-0.1, -0.05) is 30.3 Å². The van der Waals surface area contributed by atoms with E-state index in [2.05, 4.69) is 9.82 Å². The molecule has 0 atom stereocenters. The maximum absolute atomic E-state index is 13.8. The first-order valence-electron chi connectivity index (χ1n) is 6.89. The second-order valence-electron chi connectivity index (χ2n) is 4.90. The first kappa shape index (κ1) is 15.2. The third-order valence-electron chi connectivity index (χ3n) is 3.28. The summed E-state index contributed by atoms with van der Waals surface area (Å²) in [6.07, 6.45) is 3.42. The first-order valence-corrected chi connectivity index (χ1v) is 8.37. The molecular formula is C16H14FN3O2S. The molecule has 3 aromatic rings. The van der Waals surface area contributed by atoms with Gasteiger partial charge >= 0.3 is 0 Å². The van der Waals surface area contributed by atoms with Gasteiger partial charge in [0.15, 0.2) is 0 Å². The molecule has 3 rings (SSSR count). The van der Waals surface area contributed by atoms with Crippen molar-refractivity contribution in [1.82, 2.24) is 9.78 Å². The molecule has 5 nitrogen and oxygen atoms in total. The Hall–Kier alpha value is -2.67. The molecule has 0 amide bonds. The highest BCUT2D eigenvalue weighted by Gasteiger charge is 2.19. The lowest BCUT2D eigenvalue weighted by molar-refractivity contribution is 0.570. The highest BCUT2D eigenvalue weighted by molar-refractivity contribution is 7.92. The summed E-state index contributed by atoms with van der Waals surface area (Å²) in [7, 11) is -4.00. The highest BCUT2D eigenvalue weighted by atomic mass is 32.2. The van der Waals surface area contributed by atoms with Gasteiger partial charge in [0.2, 0.25) is 0 Å². The quantitative estimate of drug-likeness (QED) is 0.782. The van der Waals surface area contributed by atoms with E-state index in [9.17, 15) is 12.8 Å². The predicted octanol–water partition coefficient (Wildman–Crippen LogP) is 2.87. The van der Waals surface area contributed by atoms with Crippen LogP contribution in [0.2, 0.25) is 0 Å². The third-order valence-corrected chi connectivity index (χ3v) is 4.68. The van der Waals surface area contributed by atoms with Crippen LogP contribution in [0.3, 0.4) is 0 Å². The van der Waals surface area contributed by atoms with Gasteiger partial charge in [0.05, 0.1) is 12.2 Å². The molecule has 0 saturated heterocycles. The monoisotopic (exact) mass is 331 g/mol. The Kier molecular flexibility index (Phi) is 4.12. The van der Waals surface area contributed by atoms with Crippen LogP contribution in [0.1, 0.15) is 5.56 Å². The summed E-state index contributed by atoms with van der Waals surface area (Å²) in [6, 6.07) is 14.0. The van der Waals surface area contributed by atoms with Crippen LogP contribution < -0.4 is 4.72 Å². The van der Waals surface area contributed by atoms with Crippen LogP contribution in [0.5, 0.6) is 0 Å². The Morgan fingerprint density at radius 1 is 1.04 bits per heavy atom. The van der Waals surface area contributed by atoms with Gasteiger partial charge in [-0.3, -0.25) is 9.40 Å². The normalized spacial score (nSPS) is 11.3. The number of nitrogens with zero attached hydrogens (tertiary/aromatic N) is 2. The smallest absolute Gasteiger partial charge is 0.264 e. The van der Waals surface area contributed by atoms with E-state index in [4.69, 9.17) is 0 Å². The second-order valence-corrected chi connectivity index (χ2v) is 6.55. The number of hydrogen-bond donors (Lipinski definition) is 1. The fraction of sp³-hybridized carbons (Fsp3) is 0.0625. The number of hydrogen-bond acceptors (Lipinski definition) is 3. The van der Waals surface area contributed by atoms with Crippen molar-refractivity contribution >= 4 is 15.7 Å². The lowest BCUT2D eigenvalue weighted by Crippen LogP contribution is -2.16. The van der Waals surface area contributed by atoms with Gasteiger partial charge in [0.1, 0.15) is 10.7 Å². The molecule has 118 valence electrons. The summed E-state index contributed by atoms with van der Waals surface area (Å²) in [5.74, 6) is -0.787. The number of para-hydroxylation sites is 1. The Balaban J connectivity index is 1.93. The molecule has 0 spiro atoms. The van der Waals surface area contributed by atoms with E-state index in [1.54, 1.807) is 47.4 Å². The molecule has 0 aliphatic heterocycles. The molecule has 0 radical (unpaired) electrons. The van der Waals surface area contributed by atoms with Gasteiger partial charge in [0.25, 0.3) is 10.0 Å². The lowest BCUT2D eigenvalue weighted by Gasteiger charge is -2.13. The predicted molar refractivity (Wildman–Crippen MR) is 85.0 cm³/mol. The summed E-state index contributed by atoms with van der Waals surface area (Å²) in [4.78, 5) is -0.381. The fourth-order valence-electron chi connectivity index (χ4n) is 2.19. The topological polar surface area (TPSA) is 64.0 Å². The van der Waals surface area contributed by atoms with E-state index in [1.165, 1.54) is 18.2 Å². The van der Waals surface area contributed by atoms with Crippen molar-refractivity contribution < 1.29 is 12.8 Å². The van der Waals surface area contributed by atoms with Crippen LogP contribution in [0.4, 0.5) is 10.1 Å². The Morgan fingerprint density at radius 3 is 2.52 bits per heavy atom. The van der Waals surface area contributed by atoms with Crippen LogP contribution in [-0.4, -0.2) is 18.2 Å². The van der Waals surface area contributed by atoms with E-state index in [0.29, 0.717) is 12.2 Å². The van der Waals surface area contributed by atoms with Gasteiger partial charge < -0.3 is 0 Å². The number of halogens is 1. The number of rotatable bonds is 5. The van der Waals surface area contributed by atoms with E-state index >= 15 is 0 Å². The van der Waals surface area contributed by atoms with Crippen molar-refractivity contribution in [2.24, 2.45) is 0 Å². The van der Waals surface area contributed by atoms with E-state index in [0.717, 1.165) is 11.6 Å². The molecule has 0 unspecified atom stereocenters. The molecule has 1 heterocycles. The van der Waals surface area contributed by atoms with Crippen molar-refractivity contribution in [2.45, 2.75) is 11.4 Å². The van der Waals surface area contributed by atoms with Gasteiger partial charge in [0, 0.05) is 12.4 Å². The average Bonchev–Trinajstić information content (AvgIpc) is 3.02. The zero-order valence-electron chi connectivity index (χ0n) is 12.1. The SMILES string of the molecule is O=S(=O)(Nc1ccccc1Cn1cccn1)c1ccccc1F. The average molecular weight is 331 g/mol. The minimum absolute atomic E-state index is 0.381. The standard InChI is InChI=1S/C16H14FN3O2S/c17-14-7-2-4-9-16(14)23(21,22)19-15-8-3-1-6-13(15)12-20-11-5-10-18-20/h1-11,19H,12H2. The van der Waals surface area contributed by atoms with Crippen molar-refractivity contribution in [3.8, 4) is 0 Å². The minimum atomic E-state index is -4.00. The third kappa shape index (κ3) is 3.40. The number of sulfonamides is 1. The number of nitrogens with one attached hydrogen (secondary N) is 1. The van der Waals surface area contributed by atoms with Crippen molar-refractivity contribution in [2.75, 3.05) is 4.72 Å². The number of anilines is 1. The molecule has 1 aromatic heterocycles. The van der Waals surface area contributed by atoms with Crippen molar-refractivity contribution in [1.29, 1.82) is 0 Å². The van der Waals surface area contributed by atoms with Gasteiger partial charge in [-0.2, -0.15) is 5.10 Å². The van der Waals surface area contributed by atoms with Crippen LogP contribution in [0, 0.1) is 5.82 Å². The summed E-state index contributed by atoms with van der Waals surface area (Å²) >= 11 is 0. The maximum Gasteiger partial charge on any atom is 0.264 e. The fourth-order valence-corrected chi connectivity index (χ4v) is 3.37. The van der Waals surface area contributed by atoms with Gasteiger partial charge in [-0.15, -0.1) is 0 Å². The minimum Gasteiger partial charge on any atom is -0.279 e. The van der Waals surface area contributed by atoms with E-state index in [-0.39, 0.29) is 4.90 Å². The zero-order valence-corrected chi connectivity index (χ0v) is 12.9. The van der Waals surface area contributed by atoms with Crippen LogP contribution in [-0.2, 0) is 16.6 Å². The molecule has 0 aliphatic carbocycles. The molecule has 0 bridgehead atoms. The molecule has 1 N–H and O–H groups in total. The highest BCUT2D eigenvalue weighted by Crippen LogP contribution is 2.22. The molecular weight excluding hydrogens is 317 g/mol. The van der Waals surface area contributed by atoms with Crippen molar-refractivity contribution in [3.63, 3.8) is 0 Å². The molecule has 0 saturated carbocycles. The molecule has 0 aliphatic rings. The molecule has 2 aromatic carbocycles. The Bertz CT molecular complexity index is 909. The maximum atomic E-state index is 13.8. The Morgan fingerprint density at radius 2 is 1.78 bits per heavy atom. The van der Waals surface area contributed by atoms with Crippen LogP contribution in [0.25, 0.3) is 0 Å². The van der Waals surface area contributed by atoms with E-state index in [1.807, 2.05) is 0 Å². The summed E-state index contributed by atoms with van der Waals surface area (Å²) in [5, 5.41) is 4.10. The van der Waals surface area contributed by atoms with Crippen LogP contribution >= 0.6 is 0 Å². The summed E-state index contributed by atoms with van der Waals surface area (Å²) < 4.78 is 42.7.